The summed E-state index contributed by atoms with van der Waals surface area (Å²) in [5, 5.41) is 3.88. The highest BCUT2D eigenvalue weighted by Crippen LogP contribution is 2.21. The SMILES string of the molecule is Cc1ccc(NS(C)(=O)=O)cc1NC(=O)NCC(F)(F)F. The minimum atomic E-state index is -4.51. The summed E-state index contributed by atoms with van der Waals surface area (Å²) >= 11 is 0. The standard InChI is InChI=1S/C11H14F3N3O3S/c1-7-3-4-8(17-21(2,19)20)5-9(7)16-10(18)15-6-11(12,13)14/h3-5,17H,6H2,1-2H3,(H2,15,16,18). The van der Waals surface area contributed by atoms with Crippen molar-refractivity contribution in [2.75, 3.05) is 22.8 Å². The summed E-state index contributed by atoms with van der Waals surface area (Å²) in [6.45, 7) is 0.156. The molecule has 1 aromatic rings. The van der Waals surface area contributed by atoms with Crippen LogP contribution < -0.4 is 15.4 Å². The average Bonchev–Trinajstić information content (AvgIpc) is 2.28. The number of nitrogens with one attached hydrogen (secondary N) is 3. The highest BCUT2D eigenvalue weighted by atomic mass is 32.2. The summed E-state index contributed by atoms with van der Waals surface area (Å²) in [7, 11) is -3.49. The number of urea groups is 1. The molecular formula is C11H14F3N3O3S. The average molecular weight is 325 g/mol. The lowest BCUT2D eigenvalue weighted by Crippen LogP contribution is -2.36. The molecule has 118 valence electrons. The summed E-state index contributed by atoms with van der Waals surface area (Å²) in [5.41, 5.74) is 0.953. The minimum Gasteiger partial charge on any atom is -0.329 e. The molecule has 10 heteroatoms. The monoisotopic (exact) mass is 325 g/mol. The number of alkyl halides is 3. The van der Waals surface area contributed by atoms with Crippen LogP contribution in [0.5, 0.6) is 0 Å². The molecule has 3 N–H and O–H groups in total. The van der Waals surface area contributed by atoms with Crippen molar-refractivity contribution in [1.29, 1.82) is 0 Å². The molecule has 0 saturated carbocycles. The first-order chi connectivity index (χ1) is 9.46. The Morgan fingerprint density at radius 2 is 1.90 bits per heavy atom. The van der Waals surface area contributed by atoms with Gasteiger partial charge in [0.15, 0.2) is 0 Å². The van der Waals surface area contributed by atoms with Gasteiger partial charge in [0, 0.05) is 5.69 Å². The van der Waals surface area contributed by atoms with Crippen LogP contribution in [0.15, 0.2) is 18.2 Å². The van der Waals surface area contributed by atoms with Crippen molar-refractivity contribution in [2.24, 2.45) is 0 Å². The third-order valence-electron chi connectivity index (χ3n) is 2.24. The maximum Gasteiger partial charge on any atom is 0.405 e. The van der Waals surface area contributed by atoms with E-state index in [9.17, 15) is 26.4 Å². The van der Waals surface area contributed by atoms with Gasteiger partial charge in [0.2, 0.25) is 10.0 Å². The van der Waals surface area contributed by atoms with Crippen molar-refractivity contribution >= 4 is 27.4 Å². The number of benzene rings is 1. The van der Waals surface area contributed by atoms with Crippen LogP contribution in [0.3, 0.4) is 0 Å². The molecule has 0 bridgehead atoms. The zero-order valence-corrected chi connectivity index (χ0v) is 12.0. The van der Waals surface area contributed by atoms with Gasteiger partial charge in [-0.25, -0.2) is 13.2 Å². The van der Waals surface area contributed by atoms with E-state index in [0.29, 0.717) is 5.56 Å². The van der Waals surface area contributed by atoms with E-state index in [1.807, 2.05) is 0 Å². The summed E-state index contributed by atoms with van der Waals surface area (Å²) in [5.74, 6) is 0. The van der Waals surface area contributed by atoms with Crippen LogP contribution in [-0.4, -0.2) is 33.4 Å². The fraction of sp³-hybridized carbons (Fsp3) is 0.364. The molecule has 0 aliphatic rings. The van der Waals surface area contributed by atoms with E-state index in [1.165, 1.54) is 18.2 Å². The molecule has 0 radical (unpaired) electrons. The molecule has 0 aromatic heterocycles. The summed E-state index contributed by atoms with van der Waals surface area (Å²) in [6.07, 6.45) is -3.55. The molecule has 0 aliphatic heterocycles. The molecule has 0 aliphatic carbocycles. The van der Waals surface area contributed by atoms with Gasteiger partial charge in [-0.15, -0.1) is 0 Å². The molecule has 0 heterocycles. The first-order valence-corrected chi connectivity index (χ1v) is 7.55. The van der Waals surface area contributed by atoms with E-state index >= 15 is 0 Å². The van der Waals surface area contributed by atoms with Crippen LogP contribution in [0.1, 0.15) is 5.56 Å². The molecule has 0 saturated heterocycles. The van der Waals surface area contributed by atoms with Crippen LogP contribution >= 0.6 is 0 Å². The topological polar surface area (TPSA) is 87.3 Å². The maximum atomic E-state index is 12.0. The Balaban J connectivity index is 2.78. The second-order valence-corrected chi connectivity index (χ2v) is 6.08. The maximum absolute atomic E-state index is 12.0. The number of amides is 2. The van der Waals surface area contributed by atoms with Gasteiger partial charge in [0.25, 0.3) is 0 Å². The Morgan fingerprint density at radius 3 is 2.43 bits per heavy atom. The molecule has 2 amide bonds. The predicted molar refractivity (Wildman–Crippen MR) is 72.7 cm³/mol. The van der Waals surface area contributed by atoms with Crippen LogP contribution in [-0.2, 0) is 10.0 Å². The zero-order valence-electron chi connectivity index (χ0n) is 11.2. The molecule has 0 atom stereocenters. The Labute approximate surface area is 119 Å². The van der Waals surface area contributed by atoms with E-state index in [0.717, 1.165) is 6.26 Å². The van der Waals surface area contributed by atoms with Gasteiger partial charge in [-0.2, -0.15) is 13.2 Å². The molecule has 1 aromatic carbocycles. The molecule has 0 spiro atoms. The van der Waals surface area contributed by atoms with Gasteiger partial charge in [-0.05, 0) is 24.6 Å². The molecule has 21 heavy (non-hydrogen) atoms. The lowest BCUT2D eigenvalue weighted by atomic mass is 10.2. The number of sulfonamides is 1. The van der Waals surface area contributed by atoms with Gasteiger partial charge in [-0.3, -0.25) is 4.72 Å². The molecule has 0 fully saturated rings. The number of hydrogen-bond donors (Lipinski definition) is 3. The number of carbonyl (C=O) groups is 1. The van der Waals surface area contributed by atoms with E-state index in [4.69, 9.17) is 0 Å². The fourth-order valence-electron chi connectivity index (χ4n) is 1.38. The fourth-order valence-corrected chi connectivity index (χ4v) is 1.94. The summed E-state index contributed by atoms with van der Waals surface area (Å²) in [6, 6.07) is 3.26. The van der Waals surface area contributed by atoms with Crippen molar-refractivity contribution in [2.45, 2.75) is 13.1 Å². The van der Waals surface area contributed by atoms with Crippen LogP contribution in [0.25, 0.3) is 0 Å². The highest BCUT2D eigenvalue weighted by Gasteiger charge is 2.27. The minimum absolute atomic E-state index is 0.189. The Hall–Kier alpha value is -1.97. The van der Waals surface area contributed by atoms with Crippen molar-refractivity contribution in [3.8, 4) is 0 Å². The Morgan fingerprint density at radius 1 is 1.29 bits per heavy atom. The Kier molecular flexibility index (Phi) is 5.05. The normalized spacial score (nSPS) is 11.9. The lowest BCUT2D eigenvalue weighted by molar-refractivity contribution is -0.122. The number of aryl methyl sites for hydroxylation is 1. The second kappa shape index (κ2) is 6.20. The van der Waals surface area contributed by atoms with Crippen molar-refractivity contribution < 1.29 is 26.4 Å². The van der Waals surface area contributed by atoms with Crippen molar-refractivity contribution in [1.82, 2.24) is 5.32 Å². The van der Waals surface area contributed by atoms with Gasteiger partial charge >= 0.3 is 12.2 Å². The van der Waals surface area contributed by atoms with Crippen LogP contribution in [0, 0.1) is 6.92 Å². The summed E-state index contributed by atoms with van der Waals surface area (Å²) in [4.78, 5) is 11.3. The van der Waals surface area contributed by atoms with Crippen LogP contribution in [0.4, 0.5) is 29.3 Å². The van der Waals surface area contributed by atoms with E-state index < -0.39 is 28.8 Å². The second-order valence-electron chi connectivity index (χ2n) is 4.33. The van der Waals surface area contributed by atoms with Crippen molar-refractivity contribution in [3.63, 3.8) is 0 Å². The number of anilines is 2. The molecule has 0 unspecified atom stereocenters. The van der Waals surface area contributed by atoms with E-state index in [1.54, 1.807) is 12.2 Å². The number of carbonyl (C=O) groups excluding carboxylic acids is 1. The summed E-state index contributed by atoms with van der Waals surface area (Å²) < 4.78 is 60.3. The quantitative estimate of drug-likeness (QED) is 0.792. The first-order valence-electron chi connectivity index (χ1n) is 5.66. The smallest absolute Gasteiger partial charge is 0.329 e. The number of rotatable bonds is 4. The number of halogens is 3. The molecule has 6 nitrogen and oxygen atoms in total. The largest absolute Gasteiger partial charge is 0.405 e. The predicted octanol–water partition coefficient (Wildman–Crippen LogP) is 2.05. The molecule has 1 rings (SSSR count). The lowest BCUT2D eigenvalue weighted by Gasteiger charge is -2.13. The van der Waals surface area contributed by atoms with Gasteiger partial charge in [0.05, 0.1) is 11.9 Å². The van der Waals surface area contributed by atoms with Gasteiger partial charge in [0.1, 0.15) is 6.54 Å². The van der Waals surface area contributed by atoms with E-state index in [2.05, 4.69) is 10.0 Å². The van der Waals surface area contributed by atoms with E-state index in [-0.39, 0.29) is 11.4 Å². The third kappa shape index (κ3) is 6.84. The highest BCUT2D eigenvalue weighted by molar-refractivity contribution is 7.92. The van der Waals surface area contributed by atoms with Gasteiger partial charge < -0.3 is 10.6 Å². The van der Waals surface area contributed by atoms with Crippen LogP contribution in [0.2, 0.25) is 0 Å². The van der Waals surface area contributed by atoms with Crippen molar-refractivity contribution in [3.05, 3.63) is 23.8 Å². The first kappa shape index (κ1) is 17.1. The van der Waals surface area contributed by atoms with Gasteiger partial charge in [-0.1, -0.05) is 6.07 Å². The zero-order chi connectivity index (χ0) is 16.3. The third-order valence-corrected chi connectivity index (χ3v) is 2.84. The Bertz CT molecular complexity index is 629. The number of hydrogen-bond acceptors (Lipinski definition) is 3. The molecular weight excluding hydrogens is 311 g/mol.